The van der Waals surface area contributed by atoms with Gasteiger partial charge in [0.15, 0.2) is 5.96 Å². The van der Waals surface area contributed by atoms with Crippen molar-refractivity contribution in [2.75, 3.05) is 32.2 Å². The number of hydrogen-bond acceptors (Lipinski definition) is 3. The van der Waals surface area contributed by atoms with Crippen LogP contribution in [-0.2, 0) is 6.54 Å². The lowest BCUT2D eigenvalue weighted by Gasteiger charge is -2.12. The van der Waals surface area contributed by atoms with E-state index in [4.69, 9.17) is 4.74 Å². The highest BCUT2D eigenvalue weighted by molar-refractivity contribution is 7.98. The van der Waals surface area contributed by atoms with Crippen molar-refractivity contribution in [1.82, 2.24) is 10.6 Å². The fourth-order valence-corrected chi connectivity index (χ4v) is 2.39. The van der Waals surface area contributed by atoms with Gasteiger partial charge in [0.05, 0.1) is 6.61 Å². The number of guanidine groups is 1. The molecule has 0 aliphatic carbocycles. The molecule has 0 aliphatic rings. The summed E-state index contributed by atoms with van der Waals surface area (Å²) in [6.07, 6.45) is 4.55. The van der Waals surface area contributed by atoms with Gasteiger partial charge in [-0.15, -0.1) is 0 Å². The van der Waals surface area contributed by atoms with Gasteiger partial charge in [0.25, 0.3) is 0 Å². The Morgan fingerprint density at radius 1 is 1.29 bits per heavy atom. The predicted octanol–water partition coefficient (Wildman–Crippen LogP) is 2.89. The van der Waals surface area contributed by atoms with E-state index in [0.29, 0.717) is 6.61 Å². The zero-order valence-electron chi connectivity index (χ0n) is 13.3. The number of nitrogens with zero attached hydrogens (tertiary/aromatic N) is 1. The van der Waals surface area contributed by atoms with Crippen molar-refractivity contribution < 1.29 is 4.74 Å². The topological polar surface area (TPSA) is 45.6 Å². The Hall–Kier alpha value is -1.36. The molecule has 118 valence electrons. The number of unbranched alkanes of at least 4 members (excludes halogenated alkanes) is 1. The van der Waals surface area contributed by atoms with E-state index in [1.54, 1.807) is 7.05 Å². The third-order valence-electron chi connectivity index (χ3n) is 2.96. The maximum absolute atomic E-state index is 5.51. The molecule has 1 rings (SSSR count). The average molecular weight is 309 g/mol. The van der Waals surface area contributed by atoms with E-state index in [0.717, 1.165) is 24.8 Å². The lowest BCUT2D eigenvalue weighted by Crippen LogP contribution is -2.37. The van der Waals surface area contributed by atoms with Gasteiger partial charge in [-0.2, -0.15) is 11.8 Å². The maximum atomic E-state index is 5.51. The molecule has 1 aromatic carbocycles. The second-order valence-electron chi connectivity index (χ2n) is 4.63. The number of ether oxygens (including phenoxy) is 1. The first kappa shape index (κ1) is 17.7. The highest BCUT2D eigenvalue weighted by Crippen LogP contribution is 2.12. The minimum absolute atomic E-state index is 0.691. The van der Waals surface area contributed by atoms with Crippen LogP contribution in [0.2, 0.25) is 0 Å². The number of nitrogens with one attached hydrogen (secondary N) is 2. The first-order chi connectivity index (χ1) is 10.3. The van der Waals surface area contributed by atoms with Crippen LogP contribution < -0.4 is 15.4 Å². The Morgan fingerprint density at radius 2 is 2.14 bits per heavy atom. The van der Waals surface area contributed by atoms with Crippen molar-refractivity contribution in [2.24, 2.45) is 4.99 Å². The molecule has 1 aromatic rings. The van der Waals surface area contributed by atoms with E-state index < -0.39 is 0 Å². The zero-order chi connectivity index (χ0) is 15.3. The van der Waals surface area contributed by atoms with E-state index >= 15 is 0 Å². The molecular formula is C16H27N3OS. The second kappa shape index (κ2) is 11.3. The number of thioether (sulfide) groups is 1. The fraction of sp³-hybridized carbons (Fsp3) is 0.562. The van der Waals surface area contributed by atoms with E-state index in [1.807, 2.05) is 30.8 Å². The SMILES string of the molecule is CCOc1cccc(CNC(=NC)NCCCCSC)c1. The van der Waals surface area contributed by atoms with Crippen LogP contribution in [0, 0.1) is 0 Å². The zero-order valence-corrected chi connectivity index (χ0v) is 14.1. The van der Waals surface area contributed by atoms with Gasteiger partial charge in [-0.1, -0.05) is 12.1 Å². The summed E-state index contributed by atoms with van der Waals surface area (Å²) >= 11 is 1.89. The molecule has 0 aliphatic heterocycles. The number of hydrogen-bond donors (Lipinski definition) is 2. The third kappa shape index (κ3) is 7.85. The molecule has 0 saturated heterocycles. The van der Waals surface area contributed by atoms with Crippen LogP contribution in [-0.4, -0.2) is 38.2 Å². The largest absolute Gasteiger partial charge is 0.494 e. The second-order valence-corrected chi connectivity index (χ2v) is 5.62. The number of rotatable bonds is 9. The third-order valence-corrected chi connectivity index (χ3v) is 3.66. The maximum Gasteiger partial charge on any atom is 0.191 e. The summed E-state index contributed by atoms with van der Waals surface area (Å²) in [5.74, 6) is 2.98. The van der Waals surface area contributed by atoms with Crippen LogP contribution in [0.15, 0.2) is 29.3 Å². The Kier molecular flexibility index (Phi) is 9.53. The molecule has 0 atom stereocenters. The molecule has 0 aromatic heterocycles. The Balaban J connectivity index is 2.32. The molecule has 0 fully saturated rings. The van der Waals surface area contributed by atoms with Crippen molar-refractivity contribution in [1.29, 1.82) is 0 Å². The van der Waals surface area contributed by atoms with Gasteiger partial charge >= 0.3 is 0 Å². The van der Waals surface area contributed by atoms with Crippen molar-refractivity contribution in [2.45, 2.75) is 26.3 Å². The van der Waals surface area contributed by atoms with Crippen molar-refractivity contribution >= 4 is 17.7 Å². The Morgan fingerprint density at radius 3 is 2.86 bits per heavy atom. The smallest absolute Gasteiger partial charge is 0.191 e. The summed E-state index contributed by atoms with van der Waals surface area (Å²) in [6.45, 7) is 4.38. The van der Waals surface area contributed by atoms with Gasteiger partial charge < -0.3 is 15.4 Å². The molecule has 0 spiro atoms. The molecule has 21 heavy (non-hydrogen) atoms. The van der Waals surface area contributed by atoms with Gasteiger partial charge in [0, 0.05) is 20.1 Å². The van der Waals surface area contributed by atoms with Crippen LogP contribution in [0.3, 0.4) is 0 Å². The lowest BCUT2D eigenvalue weighted by atomic mass is 10.2. The lowest BCUT2D eigenvalue weighted by molar-refractivity contribution is 0.340. The van der Waals surface area contributed by atoms with E-state index in [2.05, 4.69) is 34.0 Å². The van der Waals surface area contributed by atoms with Gasteiger partial charge in [-0.05, 0) is 49.5 Å². The van der Waals surface area contributed by atoms with Crippen LogP contribution in [0.5, 0.6) is 5.75 Å². The molecular weight excluding hydrogens is 282 g/mol. The Labute approximate surface area is 132 Å². The predicted molar refractivity (Wildman–Crippen MR) is 93.4 cm³/mol. The van der Waals surface area contributed by atoms with E-state index in [-0.39, 0.29) is 0 Å². The summed E-state index contributed by atoms with van der Waals surface area (Å²) in [4.78, 5) is 4.24. The molecule has 4 nitrogen and oxygen atoms in total. The fourth-order valence-electron chi connectivity index (χ4n) is 1.90. The minimum atomic E-state index is 0.691. The van der Waals surface area contributed by atoms with E-state index in [9.17, 15) is 0 Å². The highest BCUT2D eigenvalue weighted by atomic mass is 32.2. The van der Waals surface area contributed by atoms with Gasteiger partial charge in [0.2, 0.25) is 0 Å². The van der Waals surface area contributed by atoms with Crippen LogP contribution in [0.1, 0.15) is 25.3 Å². The quantitative estimate of drug-likeness (QED) is 0.418. The number of aliphatic imine (C=N–C) groups is 1. The molecule has 0 amide bonds. The van der Waals surface area contributed by atoms with Crippen molar-refractivity contribution in [3.63, 3.8) is 0 Å². The molecule has 0 unspecified atom stereocenters. The monoisotopic (exact) mass is 309 g/mol. The summed E-state index contributed by atoms with van der Waals surface area (Å²) in [5, 5.41) is 6.66. The van der Waals surface area contributed by atoms with Crippen LogP contribution in [0.25, 0.3) is 0 Å². The minimum Gasteiger partial charge on any atom is -0.494 e. The Bertz CT molecular complexity index is 424. The van der Waals surface area contributed by atoms with Gasteiger partial charge in [0.1, 0.15) is 5.75 Å². The molecule has 0 bridgehead atoms. The molecule has 0 heterocycles. The average Bonchev–Trinajstić information content (AvgIpc) is 2.51. The summed E-state index contributed by atoms with van der Waals surface area (Å²) in [6, 6.07) is 8.13. The molecule has 5 heteroatoms. The normalized spacial score (nSPS) is 11.3. The molecule has 0 radical (unpaired) electrons. The summed E-state index contributed by atoms with van der Waals surface area (Å²) < 4.78 is 5.51. The first-order valence-corrected chi connectivity index (χ1v) is 8.84. The van der Waals surface area contributed by atoms with Crippen molar-refractivity contribution in [3.05, 3.63) is 29.8 Å². The van der Waals surface area contributed by atoms with E-state index in [1.165, 1.54) is 24.2 Å². The summed E-state index contributed by atoms with van der Waals surface area (Å²) in [5.41, 5.74) is 1.19. The van der Waals surface area contributed by atoms with Crippen LogP contribution >= 0.6 is 11.8 Å². The standard InChI is InChI=1S/C16H27N3OS/c1-4-20-15-9-7-8-14(12-15)13-19-16(17-2)18-10-5-6-11-21-3/h7-9,12H,4-6,10-11,13H2,1-3H3,(H2,17,18,19). The van der Waals surface area contributed by atoms with Crippen LogP contribution in [0.4, 0.5) is 0 Å². The highest BCUT2D eigenvalue weighted by Gasteiger charge is 1.99. The number of benzene rings is 1. The molecule has 2 N–H and O–H groups in total. The molecule has 0 saturated carbocycles. The van der Waals surface area contributed by atoms with Gasteiger partial charge in [-0.25, -0.2) is 0 Å². The van der Waals surface area contributed by atoms with Gasteiger partial charge in [-0.3, -0.25) is 4.99 Å². The van der Waals surface area contributed by atoms with Crippen molar-refractivity contribution in [3.8, 4) is 5.75 Å². The summed E-state index contributed by atoms with van der Waals surface area (Å²) in [7, 11) is 1.80. The first-order valence-electron chi connectivity index (χ1n) is 7.45.